The fourth-order valence-electron chi connectivity index (χ4n) is 2.80. The molecule has 2 heterocycles. The van der Waals surface area contributed by atoms with Crippen molar-refractivity contribution in [2.75, 3.05) is 26.2 Å². The largest absolute Gasteiger partial charge is 0.369 e. The van der Waals surface area contributed by atoms with E-state index in [1.54, 1.807) is 11.8 Å². The molecule has 1 aromatic heterocycles. The molecule has 1 fully saturated rings. The van der Waals surface area contributed by atoms with E-state index in [-0.39, 0.29) is 24.3 Å². The van der Waals surface area contributed by atoms with E-state index < -0.39 is 0 Å². The average molecular weight is 309 g/mol. The zero-order chi connectivity index (χ0) is 16.1. The molecule has 2 rings (SSSR count). The molecule has 0 aliphatic carbocycles. The topological polar surface area (TPSA) is 106 Å². The SMILES string of the molecule is CCN(Cc1noc(C)n1)C(=O)C1CCCN(CC(N)=O)C1. The fourth-order valence-corrected chi connectivity index (χ4v) is 2.80. The second-order valence-corrected chi connectivity index (χ2v) is 5.62. The molecule has 1 saturated heterocycles. The predicted octanol–water partition coefficient (Wildman–Crippen LogP) is -0.0762. The molecule has 1 aliphatic heterocycles. The van der Waals surface area contributed by atoms with Crippen LogP contribution in [0.5, 0.6) is 0 Å². The quantitative estimate of drug-likeness (QED) is 0.788. The Bertz CT molecular complexity index is 530. The summed E-state index contributed by atoms with van der Waals surface area (Å²) in [5, 5.41) is 3.83. The second kappa shape index (κ2) is 7.35. The lowest BCUT2D eigenvalue weighted by molar-refractivity contribution is -0.138. The number of nitrogens with zero attached hydrogens (tertiary/aromatic N) is 4. The molecule has 8 nitrogen and oxygen atoms in total. The summed E-state index contributed by atoms with van der Waals surface area (Å²) in [7, 11) is 0. The molecule has 1 aromatic rings. The molecule has 1 atom stereocenters. The minimum Gasteiger partial charge on any atom is -0.369 e. The summed E-state index contributed by atoms with van der Waals surface area (Å²) in [5.41, 5.74) is 5.23. The Labute approximate surface area is 129 Å². The molecule has 0 bridgehead atoms. The Kier molecular flexibility index (Phi) is 5.48. The highest BCUT2D eigenvalue weighted by Crippen LogP contribution is 2.19. The van der Waals surface area contributed by atoms with Gasteiger partial charge in [-0.1, -0.05) is 5.16 Å². The number of aromatic nitrogens is 2. The van der Waals surface area contributed by atoms with Gasteiger partial charge >= 0.3 is 0 Å². The van der Waals surface area contributed by atoms with E-state index in [0.29, 0.717) is 31.3 Å². The van der Waals surface area contributed by atoms with E-state index >= 15 is 0 Å². The number of likely N-dealkylation sites (tertiary alicyclic amines) is 1. The van der Waals surface area contributed by atoms with Crippen LogP contribution in [0.3, 0.4) is 0 Å². The fraction of sp³-hybridized carbons (Fsp3) is 0.714. The summed E-state index contributed by atoms with van der Waals surface area (Å²) >= 11 is 0. The third-order valence-corrected chi connectivity index (χ3v) is 3.83. The Morgan fingerprint density at radius 1 is 1.50 bits per heavy atom. The van der Waals surface area contributed by atoms with Gasteiger partial charge in [-0.15, -0.1) is 0 Å². The maximum Gasteiger partial charge on any atom is 0.231 e. The maximum absolute atomic E-state index is 12.7. The predicted molar refractivity (Wildman–Crippen MR) is 78.5 cm³/mol. The summed E-state index contributed by atoms with van der Waals surface area (Å²) < 4.78 is 4.94. The average Bonchev–Trinajstić information content (AvgIpc) is 2.89. The Morgan fingerprint density at radius 3 is 2.86 bits per heavy atom. The zero-order valence-corrected chi connectivity index (χ0v) is 13.1. The molecular formula is C14H23N5O3. The van der Waals surface area contributed by atoms with Crippen molar-refractivity contribution in [2.24, 2.45) is 11.7 Å². The van der Waals surface area contributed by atoms with Gasteiger partial charge in [0, 0.05) is 20.0 Å². The van der Waals surface area contributed by atoms with Crippen LogP contribution in [0, 0.1) is 12.8 Å². The molecule has 22 heavy (non-hydrogen) atoms. The molecule has 1 aliphatic rings. The lowest BCUT2D eigenvalue weighted by Crippen LogP contribution is -2.46. The number of nitrogens with two attached hydrogens (primary N) is 1. The van der Waals surface area contributed by atoms with Crippen LogP contribution in [0.1, 0.15) is 31.5 Å². The highest BCUT2D eigenvalue weighted by atomic mass is 16.5. The van der Waals surface area contributed by atoms with Gasteiger partial charge in [-0.2, -0.15) is 4.98 Å². The summed E-state index contributed by atoms with van der Waals surface area (Å²) in [6.07, 6.45) is 1.72. The Hall–Kier alpha value is -1.96. The summed E-state index contributed by atoms with van der Waals surface area (Å²) in [6.45, 7) is 6.16. The second-order valence-electron chi connectivity index (χ2n) is 5.62. The van der Waals surface area contributed by atoms with Crippen LogP contribution < -0.4 is 5.73 Å². The lowest BCUT2D eigenvalue weighted by atomic mass is 9.96. The number of amides is 2. The van der Waals surface area contributed by atoms with E-state index in [1.807, 2.05) is 11.8 Å². The standard InChI is InChI=1S/C14H23N5O3/c1-3-19(9-13-16-10(2)22-17-13)14(21)11-5-4-6-18(7-11)8-12(15)20/h11H,3-9H2,1-2H3,(H2,15,20). The van der Waals surface area contributed by atoms with Crippen LogP contribution in [0.4, 0.5) is 0 Å². The number of carbonyl (C=O) groups is 2. The number of rotatable bonds is 6. The molecule has 0 radical (unpaired) electrons. The van der Waals surface area contributed by atoms with Gasteiger partial charge in [-0.05, 0) is 26.3 Å². The van der Waals surface area contributed by atoms with Crippen LogP contribution in [0.25, 0.3) is 0 Å². The number of aryl methyl sites for hydroxylation is 1. The maximum atomic E-state index is 12.7. The van der Waals surface area contributed by atoms with E-state index in [9.17, 15) is 9.59 Å². The molecule has 0 spiro atoms. The van der Waals surface area contributed by atoms with Crippen molar-refractivity contribution >= 4 is 11.8 Å². The highest BCUT2D eigenvalue weighted by Gasteiger charge is 2.29. The number of piperidine rings is 1. The van der Waals surface area contributed by atoms with E-state index in [2.05, 4.69) is 10.1 Å². The lowest BCUT2D eigenvalue weighted by Gasteiger charge is -2.33. The van der Waals surface area contributed by atoms with Crippen molar-refractivity contribution < 1.29 is 14.1 Å². The first kappa shape index (κ1) is 16.4. The van der Waals surface area contributed by atoms with Crippen molar-refractivity contribution in [3.63, 3.8) is 0 Å². The molecular weight excluding hydrogens is 286 g/mol. The van der Waals surface area contributed by atoms with E-state index in [1.165, 1.54) is 0 Å². The number of hydrogen-bond donors (Lipinski definition) is 1. The van der Waals surface area contributed by atoms with Crippen molar-refractivity contribution in [2.45, 2.75) is 33.2 Å². The first-order chi connectivity index (χ1) is 10.5. The molecule has 0 saturated carbocycles. The number of hydrogen-bond acceptors (Lipinski definition) is 6. The first-order valence-corrected chi connectivity index (χ1v) is 7.58. The molecule has 0 aromatic carbocycles. The van der Waals surface area contributed by atoms with Crippen LogP contribution >= 0.6 is 0 Å². The van der Waals surface area contributed by atoms with Gasteiger partial charge < -0.3 is 15.2 Å². The van der Waals surface area contributed by atoms with Crippen molar-refractivity contribution in [1.82, 2.24) is 19.9 Å². The van der Waals surface area contributed by atoms with Gasteiger partial charge in [0.2, 0.25) is 17.7 Å². The van der Waals surface area contributed by atoms with Crippen LogP contribution in [0.15, 0.2) is 4.52 Å². The van der Waals surface area contributed by atoms with Gasteiger partial charge in [0.25, 0.3) is 0 Å². The third kappa shape index (κ3) is 4.27. The molecule has 122 valence electrons. The molecule has 1 unspecified atom stereocenters. The van der Waals surface area contributed by atoms with Gasteiger partial charge in [0.05, 0.1) is 19.0 Å². The normalized spacial score (nSPS) is 19.1. The first-order valence-electron chi connectivity index (χ1n) is 7.58. The highest BCUT2D eigenvalue weighted by molar-refractivity contribution is 5.79. The Balaban J connectivity index is 1.96. The smallest absolute Gasteiger partial charge is 0.231 e. The van der Waals surface area contributed by atoms with E-state index in [4.69, 9.17) is 10.3 Å². The van der Waals surface area contributed by atoms with Crippen LogP contribution in [-0.2, 0) is 16.1 Å². The number of carbonyl (C=O) groups excluding carboxylic acids is 2. The van der Waals surface area contributed by atoms with Crippen LogP contribution in [0.2, 0.25) is 0 Å². The minimum absolute atomic E-state index is 0.0686. The van der Waals surface area contributed by atoms with Crippen molar-refractivity contribution in [3.8, 4) is 0 Å². The van der Waals surface area contributed by atoms with Crippen LogP contribution in [-0.4, -0.2) is 57.9 Å². The Morgan fingerprint density at radius 2 is 2.27 bits per heavy atom. The summed E-state index contributed by atoms with van der Waals surface area (Å²) in [5.74, 6) is 0.601. The monoisotopic (exact) mass is 309 g/mol. The van der Waals surface area contributed by atoms with Gasteiger partial charge in [-0.25, -0.2) is 0 Å². The van der Waals surface area contributed by atoms with Crippen molar-refractivity contribution in [3.05, 3.63) is 11.7 Å². The minimum atomic E-state index is -0.359. The summed E-state index contributed by atoms with van der Waals surface area (Å²) in [6, 6.07) is 0. The van der Waals surface area contributed by atoms with Gasteiger partial charge in [-0.3, -0.25) is 14.5 Å². The van der Waals surface area contributed by atoms with Crippen molar-refractivity contribution in [1.29, 1.82) is 0 Å². The molecule has 2 N–H and O–H groups in total. The third-order valence-electron chi connectivity index (χ3n) is 3.83. The van der Waals surface area contributed by atoms with Gasteiger partial charge in [0.1, 0.15) is 0 Å². The molecule has 2 amide bonds. The molecule has 8 heteroatoms. The number of primary amides is 1. The summed E-state index contributed by atoms with van der Waals surface area (Å²) in [4.78, 5) is 31.5. The van der Waals surface area contributed by atoms with E-state index in [0.717, 1.165) is 19.4 Å². The van der Waals surface area contributed by atoms with Gasteiger partial charge in [0.15, 0.2) is 5.82 Å². The zero-order valence-electron chi connectivity index (χ0n) is 13.1.